The average molecular weight is 468 g/mol. The summed E-state index contributed by atoms with van der Waals surface area (Å²) in [6.45, 7) is 3.25. The predicted octanol–water partition coefficient (Wildman–Crippen LogP) is 3.73. The van der Waals surface area contributed by atoms with E-state index in [2.05, 4.69) is 4.72 Å². The number of benzene rings is 3. The molecule has 0 fully saturated rings. The maximum absolute atomic E-state index is 12.7. The largest absolute Gasteiger partial charge is 0.468 e. The molecule has 0 spiro atoms. The molecular formula is C25H25NO6S. The molecule has 0 aromatic heterocycles. The van der Waals surface area contributed by atoms with Gasteiger partial charge in [0.1, 0.15) is 6.10 Å². The van der Waals surface area contributed by atoms with Crippen molar-refractivity contribution in [3.63, 3.8) is 0 Å². The summed E-state index contributed by atoms with van der Waals surface area (Å²) in [6.07, 6.45) is -1.13. The highest BCUT2D eigenvalue weighted by molar-refractivity contribution is 7.89. The van der Waals surface area contributed by atoms with E-state index in [9.17, 15) is 18.0 Å². The van der Waals surface area contributed by atoms with Crippen LogP contribution < -0.4 is 4.72 Å². The molecule has 0 heterocycles. The molecule has 0 unspecified atom stereocenters. The van der Waals surface area contributed by atoms with Crippen molar-refractivity contribution in [1.29, 1.82) is 0 Å². The molecule has 172 valence electrons. The fraction of sp³-hybridized carbons (Fsp3) is 0.200. The first-order chi connectivity index (χ1) is 15.7. The van der Waals surface area contributed by atoms with E-state index in [4.69, 9.17) is 9.47 Å². The Kier molecular flexibility index (Phi) is 7.63. The number of hydrogen-bond acceptors (Lipinski definition) is 6. The molecule has 0 saturated carbocycles. The maximum Gasteiger partial charge on any atom is 0.338 e. The molecule has 0 saturated heterocycles. The van der Waals surface area contributed by atoms with E-state index >= 15 is 0 Å². The van der Waals surface area contributed by atoms with E-state index in [1.165, 1.54) is 19.1 Å². The first-order valence-electron chi connectivity index (χ1n) is 10.2. The van der Waals surface area contributed by atoms with Gasteiger partial charge >= 0.3 is 11.9 Å². The number of sulfonamides is 1. The predicted molar refractivity (Wildman–Crippen MR) is 124 cm³/mol. The molecule has 0 aliphatic carbocycles. The first kappa shape index (κ1) is 24.2. The van der Waals surface area contributed by atoms with Gasteiger partial charge < -0.3 is 9.47 Å². The van der Waals surface area contributed by atoms with E-state index in [1.807, 2.05) is 37.3 Å². The molecule has 8 heteroatoms. The fourth-order valence-electron chi connectivity index (χ4n) is 3.15. The van der Waals surface area contributed by atoms with Crippen LogP contribution in [0.1, 0.15) is 22.8 Å². The molecule has 3 aromatic rings. The smallest absolute Gasteiger partial charge is 0.338 e. The van der Waals surface area contributed by atoms with Gasteiger partial charge in [-0.05, 0) is 49.2 Å². The lowest BCUT2D eigenvalue weighted by Crippen LogP contribution is -2.49. The quantitative estimate of drug-likeness (QED) is 0.507. The summed E-state index contributed by atoms with van der Waals surface area (Å²) in [7, 11) is -2.92. The summed E-state index contributed by atoms with van der Waals surface area (Å²) in [5, 5.41) is 0. The Morgan fingerprint density at radius 2 is 1.42 bits per heavy atom. The second-order valence-corrected chi connectivity index (χ2v) is 9.20. The molecule has 2 atom stereocenters. The summed E-state index contributed by atoms with van der Waals surface area (Å²) in [5.41, 5.74) is 3.09. The van der Waals surface area contributed by atoms with Crippen molar-refractivity contribution in [2.75, 3.05) is 7.11 Å². The van der Waals surface area contributed by atoms with Gasteiger partial charge in [0, 0.05) is 0 Å². The Morgan fingerprint density at radius 1 is 0.848 bits per heavy atom. The van der Waals surface area contributed by atoms with Crippen LogP contribution in [0.3, 0.4) is 0 Å². The maximum atomic E-state index is 12.7. The Labute approximate surface area is 193 Å². The van der Waals surface area contributed by atoms with Gasteiger partial charge in [0.15, 0.2) is 6.04 Å². The lowest BCUT2D eigenvalue weighted by atomic mass is 10.0. The van der Waals surface area contributed by atoms with Gasteiger partial charge in [0.05, 0.1) is 17.6 Å². The molecule has 3 rings (SSSR count). The lowest BCUT2D eigenvalue weighted by Gasteiger charge is -2.23. The molecule has 0 bridgehead atoms. The van der Waals surface area contributed by atoms with E-state index < -0.39 is 34.1 Å². The molecule has 0 radical (unpaired) electrons. The second-order valence-electron chi connectivity index (χ2n) is 7.49. The number of hydrogen-bond donors (Lipinski definition) is 1. The summed E-state index contributed by atoms with van der Waals surface area (Å²) < 4.78 is 37.9. The van der Waals surface area contributed by atoms with Crippen molar-refractivity contribution < 1.29 is 27.5 Å². The Hall–Kier alpha value is -3.49. The highest BCUT2D eigenvalue weighted by Gasteiger charge is 2.34. The molecule has 0 amide bonds. The number of carbonyl (C=O) groups excluding carboxylic acids is 2. The van der Waals surface area contributed by atoms with Gasteiger partial charge in [-0.1, -0.05) is 60.2 Å². The number of ether oxygens (including phenoxy) is 2. The number of methoxy groups -OCH3 is 1. The molecule has 33 heavy (non-hydrogen) atoms. The molecular weight excluding hydrogens is 442 g/mol. The summed E-state index contributed by atoms with van der Waals surface area (Å²) in [5.74, 6) is -1.56. The van der Waals surface area contributed by atoms with Crippen LogP contribution in [0, 0.1) is 6.92 Å². The van der Waals surface area contributed by atoms with E-state index in [0.29, 0.717) is 0 Å². The normalized spacial score (nSPS) is 13.1. The fourth-order valence-corrected chi connectivity index (χ4v) is 4.40. The van der Waals surface area contributed by atoms with Crippen molar-refractivity contribution in [1.82, 2.24) is 4.72 Å². The number of rotatable bonds is 8. The number of nitrogens with one attached hydrogen (secondary N) is 1. The van der Waals surface area contributed by atoms with Crippen LogP contribution >= 0.6 is 0 Å². The number of carbonyl (C=O) groups is 2. The third kappa shape index (κ3) is 6.06. The van der Waals surface area contributed by atoms with Gasteiger partial charge in [0.2, 0.25) is 10.0 Å². The van der Waals surface area contributed by atoms with Crippen molar-refractivity contribution in [2.24, 2.45) is 0 Å². The minimum absolute atomic E-state index is 0.0166. The van der Waals surface area contributed by atoms with Crippen LogP contribution in [0.25, 0.3) is 11.1 Å². The van der Waals surface area contributed by atoms with Gasteiger partial charge in [-0.15, -0.1) is 0 Å². The minimum atomic E-state index is -4.06. The van der Waals surface area contributed by atoms with Gasteiger partial charge in [-0.25, -0.2) is 13.2 Å². The monoisotopic (exact) mass is 467 g/mol. The molecule has 0 aliphatic rings. The third-order valence-corrected chi connectivity index (χ3v) is 6.52. The Balaban J connectivity index is 1.74. The van der Waals surface area contributed by atoms with Crippen LogP contribution in [0.2, 0.25) is 0 Å². The zero-order chi connectivity index (χ0) is 24.0. The molecule has 1 N–H and O–H groups in total. The van der Waals surface area contributed by atoms with Crippen molar-refractivity contribution >= 4 is 22.0 Å². The highest BCUT2D eigenvalue weighted by Crippen LogP contribution is 2.20. The van der Waals surface area contributed by atoms with Crippen molar-refractivity contribution in [3.8, 4) is 11.1 Å². The van der Waals surface area contributed by atoms with Gasteiger partial charge in [-0.3, -0.25) is 4.79 Å². The number of aryl methyl sites for hydroxylation is 1. The summed E-state index contributed by atoms with van der Waals surface area (Å²) in [4.78, 5) is 24.9. The van der Waals surface area contributed by atoms with Crippen LogP contribution in [0.15, 0.2) is 83.8 Å². The van der Waals surface area contributed by atoms with Gasteiger partial charge in [0.25, 0.3) is 0 Å². The van der Waals surface area contributed by atoms with E-state index in [-0.39, 0.29) is 10.5 Å². The molecule has 7 nitrogen and oxygen atoms in total. The standard InChI is InChI=1S/C25H25NO6S/c1-17-9-15-22(16-10-17)33(29,30)26-23(25(28)31-3)18(2)32-24(27)21-13-11-20(12-14-21)19-7-5-4-6-8-19/h4-16,18,23,26H,1-3H3/t18-,23-/m0/s1. The molecule has 3 aromatic carbocycles. The number of esters is 2. The van der Waals surface area contributed by atoms with Gasteiger partial charge in [-0.2, -0.15) is 4.72 Å². The topological polar surface area (TPSA) is 98.8 Å². The zero-order valence-electron chi connectivity index (χ0n) is 18.5. The Morgan fingerprint density at radius 3 is 2.00 bits per heavy atom. The third-order valence-electron chi connectivity index (χ3n) is 5.06. The van der Waals surface area contributed by atoms with Crippen LogP contribution in [0.5, 0.6) is 0 Å². The second kappa shape index (κ2) is 10.4. The van der Waals surface area contributed by atoms with E-state index in [0.717, 1.165) is 23.8 Å². The highest BCUT2D eigenvalue weighted by atomic mass is 32.2. The van der Waals surface area contributed by atoms with Crippen molar-refractivity contribution in [2.45, 2.75) is 30.9 Å². The average Bonchev–Trinajstić information content (AvgIpc) is 2.83. The van der Waals surface area contributed by atoms with Crippen LogP contribution in [0.4, 0.5) is 0 Å². The zero-order valence-corrected chi connectivity index (χ0v) is 19.3. The molecule has 0 aliphatic heterocycles. The minimum Gasteiger partial charge on any atom is -0.468 e. The van der Waals surface area contributed by atoms with Crippen LogP contribution in [-0.4, -0.2) is 39.6 Å². The van der Waals surface area contributed by atoms with Crippen LogP contribution in [-0.2, 0) is 24.3 Å². The van der Waals surface area contributed by atoms with E-state index in [1.54, 1.807) is 36.4 Å². The summed E-state index contributed by atoms with van der Waals surface area (Å²) in [6, 6.07) is 21.2. The van der Waals surface area contributed by atoms with Crippen molar-refractivity contribution in [3.05, 3.63) is 90.0 Å². The first-order valence-corrected chi connectivity index (χ1v) is 11.7. The SMILES string of the molecule is COC(=O)[C@@H](NS(=O)(=O)c1ccc(C)cc1)[C@H](C)OC(=O)c1ccc(-c2ccccc2)cc1. The lowest BCUT2D eigenvalue weighted by molar-refractivity contribution is -0.145. The Bertz CT molecular complexity index is 1210. The summed E-state index contributed by atoms with van der Waals surface area (Å²) >= 11 is 0.